The number of carbonyl (C=O) groups excluding carboxylic acids is 1. The summed E-state index contributed by atoms with van der Waals surface area (Å²) in [4.78, 5) is 16.4. The second kappa shape index (κ2) is 5.99. The van der Waals surface area contributed by atoms with Gasteiger partial charge in [-0.3, -0.25) is 9.69 Å². The minimum atomic E-state index is 0.146. The Bertz CT molecular complexity index is 288. The fraction of sp³-hybridized carbons (Fsp3) is 0.923. The molecule has 2 heterocycles. The molecule has 18 heavy (non-hydrogen) atoms. The van der Waals surface area contributed by atoms with Gasteiger partial charge >= 0.3 is 0 Å². The van der Waals surface area contributed by atoms with Gasteiger partial charge in [-0.2, -0.15) is 0 Å². The third kappa shape index (κ3) is 3.43. The molecule has 0 spiro atoms. The normalized spacial score (nSPS) is 33.9. The minimum absolute atomic E-state index is 0.146. The third-order valence-electron chi connectivity index (χ3n) is 3.83. The Kier molecular flexibility index (Phi) is 4.59. The van der Waals surface area contributed by atoms with Crippen molar-refractivity contribution in [3.05, 3.63) is 0 Å². The maximum atomic E-state index is 12.2. The van der Waals surface area contributed by atoms with Crippen LogP contribution in [0.1, 0.15) is 20.3 Å². The van der Waals surface area contributed by atoms with Crippen molar-refractivity contribution < 1.29 is 9.53 Å². The lowest BCUT2D eigenvalue weighted by molar-refractivity contribution is -0.144. The number of rotatable bonds is 3. The largest absolute Gasteiger partial charge is 0.372 e. The number of nitrogens with two attached hydrogens (primary N) is 1. The molecule has 2 N–H and O–H groups in total. The SMILES string of the molecule is CC1CN(C(=O)CN2CCC(CN)C2)CC(C)O1. The molecule has 104 valence electrons. The van der Waals surface area contributed by atoms with Gasteiger partial charge in [0, 0.05) is 19.6 Å². The van der Waals surface area contributed by atoms with E-state index >= 15 is 0 Å². The van der Waals surface area contributed by atoms with Crippen molar-refractivity contribution in [2.24, 2.45) is 11.7 Å². The number of nitrogens with zero attached hydrogens (tertiary/aromatic N) is 2. The van der Waals surface area contributed by atoms with Crippen LogP contribution in [-0.4, -0.2) is 67.2 Å². The topological polar surface area (TPSA) is 58.8 Å². The zero-order valence-corrected chi connectivity index (χ0v) is 11.5. The van der Waals surface area contributed by atoms with E-state index in [4.69, 9.17) is 10.5 Å². The Morgan fingerprint density at radius 3 is 2.50 bits per heavy atom. The maximum absolute atomic E-state index is 12.2. The second-order valence-corrected chi connectivity index (χ2v) is 5.68. The van der Waals surface area contributed by atoms with Crippen LogP contribution in [0, 0.1) is 5.92 Å². The van der Waals surface area contributed by atoms with Crippen molar-refractivity contribution in [3.8, 4) is 0 Å². The molecule has 2 saturated heterocycles. The lowest BCUT2D eigenvalue weighted by Gasteiger charge is -2.36. The van der Waals surface area contributed by atoms with E-state index in [0.29, 0.717) is 12.5 Å². The van der Waals surface area contributed by atoms with Gasteiger partial charge < -0.3 is 15.4 Å². The molecule has 2 aliphatic rings. The van der Waals surface area contributed by atoms with Crippen LogP contribution >= 0.6 is 0 Å². The molecule has 2 rings (SSSR count). The Morgan fingerprint density at radius 2 is 1.94 bits per heavy atom. The molecule has 2 fully saturated rings. The smallest absolute Gasteiger partial charge is 0.236 e. The lowest BCUT2D eigenvalue weighted by atomic mass is 10.1. The first kappa shape index (κ1) is 13.8. The summed E-state index contributed by atoms with van der Waals surface area (Å²) < 4.78 is 5.65. The summed E-state index contributed by atoms with van der Waals surface area (Å²) in [6, 6.07) is 0. The standard InChI is InChI=1S/C13H25N3O2/c1-10-6-16(7-11(2)18-10)13(17)9-15-4-3-12(5-14)8-15/h10-12H,3-9,14H2,1-2H3. The fourth-order valence-corrected chi connectivity index (χ4v) is 2.92. The average molecular weight is 255 g/mol. The van der Waals surface area contributed by atoms with Crippen molar-refractivity contribution in [3.63, 3.8) is 0 Å². The summed E-state index contributed by atoms with van der Waals surface area (Å²) in [6.45, 7) is 8.73. The lowest BCUT2D eigenvalue weighted by Crippen LogP contribution is -2.50. The van der Waals surface area contributed by atoms with Crippen molar-refractivity contribution in [2.75, 3.05) is 39.3 Å². The van der Waals surface area contributed by atoms with Crippen molar-refractivity contribution in [1.29, 1.82) is 0 Å². The van der Waals surface area contributed by atoms with Crippen LogP contribution < -0.4 is 5.73 Å². The highest BCUT2D eigenvalue weighted by atomic mass is 16.5. The van der Waals surface area contributed by atoms with Gasteiger partial charge in [0.25, 0.3) is 0 Å². The molecular weight excluding hydrogens is 230 g/mol. The van der Waals surface area contributed by atoms with E-state index in [9.17, 15) is 4.79 Å². The van der Waals surface area contributed by atoms with E-state index < -0.39 is 0 Å². The number of hydrogen-bond acceptors (Lipinski definition) is 4. The Morgan fingerprint density at radius 1 is 1.28 bits per heavy atom. The molecule has 0 bridgehead atoms. The van der Waals surface area contributed by atoms with Crippen LogP contribution in [0.2, 0.25) is 0 Å². The maximum Gasteiger partial charge on any atom is 0.236 e. The molecule has 3 atom stereocenters. The first-order valence-electron chi connectivity index (χ1n) is 6.94. The van der Waals surface area contributed by atoms with Crippen LogP contribution in [0.15, 0.2) is 0 Å². The fourth-order valence-electron chi connectivity index (χ4n) is 2.92. The second-order valence-electron chi connectivity index (χ2n) is 5.68. The highest BCUT2D eigenvalue weighted by molar-refractivity contribution is 5.78. The molecular formula is C13H25N3O2. The average Bonchev–Trinajstić information content (AvgIpc) is 2.75. The molecule has 5 nitrogen and oxygen atoms in total. The summed E-state index contributed by atoms with van der Waals surface area (Å²) in [5.74, 6) is 0.801. The van der Waals surface area contributed by atoms with Crippen molar-refractivity contribution in [1.82, 2.24) is 9.80 Å². The Balaban J connectivity index is 1.81. The van der Waals surface area contributed by atoms with Crippen LogP contribution in [0.4, 0.5) is 0 Å². The number of hydrogen-bond donors (Lipinski definition) is 1. The first-order chi connectivity index (χ1) is 8.58. The van der Waals surface area contributed by atoms with Crippen LogP contribution in [0.3, 0.4) is 0 Å². The molecule has 2 aliphatic heterocycles. The van der Waals surface area contributed by atoms with E-state index in [1.54, 1.807) is 0 Å². The molecule has 5 heteroatoms. The van der Waals surface area contributed by atoms with Crippen LogP contribution in [0.25, 0.3) is 0 Å². The predicted molar refractivity (Wildman–Crippen MR) is 70.2 cm³/mol. The number of morpholine rings is 1. The first-order valence-corrected chi connectivity index (χ1v) is 6.94. The number of amides is 1. The highest BCUT2D eigenvalue weighted by Crippen LogP contribution is 2.16. The zero-order valence-electron chi connectivity index (χ0n) is 11.5. The summed E-state index contributed by atoms with van der Waals surface area (Å²) in [6.07, 6.45) is 1.42. The van der Waals surface area contributed by atoms with E-state index in [1.807, 2.05) is 18.7 Å². The zero-order chi connectivity index (χ0) is 13.1. The van der Waals surface area contributed by atoms with Gasteiger partial charge in [0.05, 0.1) is 18.8 Å². The molecule has 3 unspecified atom stereocenters. The summed E-state index contributed by atoms with van der Waals surface area (Å²) >= 11 is 0. The molecule has 0 aromatic heterocycles. The Hall–Kier alpha value is -0.650. The third-order valence-corrected chi connectivity index (χ3v) is 3.83. The quantitative estimate of drug-likeness (QED) is 0.765. The van der Waals surface area contributed by atoms with E-state index in [-0.39, 0.29) is 18.1 Å². The van der Waals surface area contributed by atoms with Crippen molar-refractivity contribution >= 4 is 5.91 Å². The Labute approximate surface area is 109 Å². The highest BCUT2D eigenvalue weighted by Gasteiger charge is 2.29. The van der Waals surface area contributed by atoms with Crippen molar-refractivity contribution in [2.45, 2.75) is 32.5 Å². The molecule has 1 amide bonds. The summed E-state index contributed by atoms with van der Waals surface area (Å²) in [5.41, 5.74) is 5.67. The number of ether oxygens (including phenoxy) is 1. The number of likely N-dealkylation sites (tertiary alicyclic amines) is 1. The summed E-state index contributed by atoms with van der Waals surface area (Å²) in [5, 5.41) is 0. The summed E-state index contributed by atoms with van der Waals surface area (Å²) in [7, 11) is 0. The molecule has 0 aromatic carbocycles. The van der Waals surface area contributed by atoms with Crippen LogP contribution in [0.5, 0.6) is 0 Å². The van der Waals surface area contributed by atoms with Gasteiger partial charge in [-0.05, 0) is 39.3 Å². The van der Waals surface area contributed by atoms with Crippen LogP contribution in [-0.2, 0) is 9.53 Å². The monoisotopic (exact) mass is 255 g/mol. The van der Waals surface area contributed by atoms with E-state index in [2.05, 4.69) is 4.90 Å². The number of carbonyl (C=O) groups is 1. The predicted octanol–water partition coefficient (Wildman–Crippen LogP) is -0.0972. The molecule has 0 aliphatic carbocycles. The molecule has 0 aromatic rings. The van der Waals surface area contributed by atoms with E-state index in [1.165, 1.54) is 0 Å². The van der Waals surface area contributed by atoms with Gasteiger partial charge in [-0.15, -0.1) is 0 Å². The van der Waals surface area contributed by atoms with Gasteiger partial charge in [0.2, 0.25) is 5.91 Å². The molecule has 0 radical (unpaired) electrons. The van der Waals surface area contributed by atoms with E-state index in [0.717, 1.165) is 39.1 Å². The minimum Gasteiger partial charge on any atom is -0.372 e. The van der Waals surface area contributed by atoms with Gasteiger partial charge in [-0.25, -0.2) is 0 Å². The van der Waals surface area contributed by atoms with Gasteiger partial charge in [-0.1, -0.05) is 0 Å². The van der Waals surface area contributed by atoms with Gasteiger partial charge in [0.1, 0.15) is 0 Å². The van der Waals surface area contributed by atoms with Gasteiger partial charge in [0.15, 0.2) is 0 Å². The molecule has 0 saturated carbocycles.